The third-order valence-electron chi connectivity index (χ3n) is 3.04. The van der Waals surface area contributed by atoms with Crippen LogP contribution in [0.1, 0.15) is 58.8 Å². The van der Waals surface area contributed by atoms with Crippen LogP contribution in [0.15, 0.2) is 12.3 Å². The first-order chi connectivity index (χ1) is 10.8. The maximum atomic E-state index is 11.7. The Hall–Kier alpha value is -0.410. The third-order valence-corrected chi connectivity index (χ3v) is 4.10. The van der Waals surface area contributed by atoms with Crippen LogP contribution in [0.4, 0.5) is 0 Å². The van der Waals surface area contributed by atoms with Gasteiger partial charge in [0, 0.05) is 0 Å². The average molecular weight is 372 g/mol. The molecule has 0 aromatic heterocycles. The van der Waals surface area contributed by atoms with E-state index in [1.54, 1.807) is 6.92 Å². The van der Waals surface area contributed by atoms with Crippen LogP contribution >= 0.6 is 0 Å². The summed E-state index contributed by atoms with van der Waals surface area (Å²) < 4.78 is 42.6. The molecule has 1 unspecified atom stereocenters. The van der Waals surface area contributed by atoms with E-state index in [0.717, 1.165) is 38.4 Å². The molecule has 134 valence electrons. The van der Waals surface area contributed by atoms with Gasteiger partial charge in [0.25, 0.3) is 0 Å². The zero-order chi connectivity index (χ0) is 17.7. The predicted molar refractivity (Wildman–Crippen MR) is 83.3 cm³/mol. The minimum atomic E-state index is -4.99. The Bertz CT molecular complexity index is 488. The Morgan fingerprint density at radius 3 is 2.25 bits per heavy atom. The quantitative estimate of drug-likeness (QED) is 0.146. The van der Waals surface area contributed by atoms with Crippen LogP contribution in [0.2, 0.25) is 0 Å². The summed E-state index contributed by atoms with van der Waals surface area (Å²) in [6.07, 6.45) is 7.41. The molecule has 0 aliphatic carbocycles. The van der Waals surface area contributed by atoms with E-state index < -0.39 is 33.7 Å². The van der Waals surface area contributed by atoms with Crippen molar-refractivity contribution in [1.29, 1.82) is 0 Å². The Morgan fingerprint density at radius 2 is 1.71 bits per heavy atom. The standard InChI is InChI=1S/C15H26O7S.Na/c1-3-5-6-7-8-9-11-22-15(17)13(23(18,19)20)12-14(16)21-10-4-2;/h4,10,13H,3,5-9,11-12H2,1-2H3,(H,18,19,20);/q;+1/p-1/b10-4+;. The van der Waals surface area contributed by atoms with Crippen molar-refractivity contribution in [1.82, 2.24) is 0 Å². The van der Waals surface area contributed by atoms with Gasteiger partial charge in [0.1, 0.15) is 10.1 Å². The van der Waals surface area contributed by atoms with E-state index in [0.29, 0.717) is 6.42 Å². The second-order valence-corrected chi connectivity index (χ2v) is 6.63. The van der Waals surface area contributed by atoms with Crippen LogP contribution in [0.5, 0.6) is 0 Å². The molecule has 0 radical (unpaired) electrons. The predicted octanol–water partition coefficient (Wildman–Crippen LogP) is -0.725. The van der Waals surface area contributed by atoms with Gasteiger partial charge in [-0.05, 0) is 13.3 Å². The van der Waals surface area contributed by atoms with Crippen molar-refractivity contribution in [3.05, 3.63) is 12.3 Å². The Morgan fingerprint density at radius 1 is 1.12 bits per heavy atom. The van der Waals surface area contributed by atoms with Gasteiger partial charge in [-0.2, -0.15) is 0 Å². The molecule has 7 nitrogen and oxygen atoms in total. The van der Waals surface area contributed by atoms with Crippen molar-refractivity contribution in [3.63, 3.8) is 0 Å². The summed E-state index contributed by atoms with van der Waals surface area (Å²) in [7, 11) is -4.99. The van der Waals surface area contributed by atoms with Gasteiger partial charge in [-0.3, -0.25) is 9.59 Å². The van der Waals surface area contributed by atoms with Gasteiger partial charge < -0.3 is 14.0 Å². The summed E-state index contributed by atoms with van der Waals surface area (Å²) in [5, 5.41) is -2.07. The van der Waals surface area contributed by atoms with Crippen LogP contribution in [0, 0.1) is 0 Å². The van der Waals surface area contributed by atoms with E-state index in [-0.39, 0.29) is 36.2 Å². The van der Waals surface area contributed by atoms with E-state index in [2.05, 4.69) is 11.7 Å². The van der Waals surface area contributed by atoms with Crippen LogP contribution in [-0.2, 0) is 29.2 Å². The smallest absolute Gasteiger partial charge is 0.747 e. The van der Waals surface area contributed by atoms with E-state index >= 15 is 0 Å². The van der Waals surface area contributed by atoms with Crippen LogP contribution in [0.3, 0.4) is 0 Å². The molecule has 0 amide bonds. The largest absolute Gasteiger partial charge is 1.00 e. The number of esters is 2. The van der Waals surface area contributed by atoms with Crippen molar-refractivity contribution < 1.29 is 61.6 Å². The van der Waals surface area contributed by atoms with Crippen LogP contribution in [-0.4, -0.2) is 36.8 Å². The Kier molecular flexibility index (Phi) is 16.0. The first kappa shape index (κ1) is 25.8. The molecule has 0 saturated carbocycles. The molecule has 9 heteroatoms. The average Bonchev–Trinajstić information content (AvgIpc) is 2.48. The number of hydrogen-bond donors (Lipinski definition) is 0. The molecule has 0 fully saturated rings. The molecule has 0 aromatic rings. The molecular formula is C15H25NaO7S. The summed E-state index contributed by atoms with van der Waals surface area (Å²) in [6.45, 7) is 3.72. The summed E-state index contributed by atoms with van der Waals surface area (Å²) >= 11 is 0. The molecule has 0 saturated heterocycles. The van der Waals surface area contributed by atoms with E-state index in [4.69, 9.17) is 4.74 Å². The van der Waals surface area contributed by atoms with Crippen molar-refractivity contribution in [2.45, 2.75) is 64.0 Å². The number of ether oxygens (including phenoxy) is 2. The molecule has 1 atom stereocenters. The fourth-order valence-corrected chi connectivity index (χ4v) is 2.44. The fourth-order valence-electron chi connectivity index (χ4n) is 1.79. The van der Waals surface area contributed by atoms with Crippen molar-refractivity contribution in [2.24, 2.45) is 0 Å². The zero-order valence-electron chi connectivity index (χ0n) is 14.7. The molecule has 0 bridgehead atoms. The van der Waals surface area contributed by atoms with E-state index in [1.165, 1.54) is 6.08 Å². The first-order valence-corrected chi connectivity index (χ1v) is 9.22. The normalized spacial score (nSPS) is 12.5. The Balaban J connectivity index is 0. The molecule has 0 N–H and O–H groups in total. The van der Waals surface area contributed by atoms with Gasteiger partial charge >= 0.3 is 41.5 Å². The van der Waals surface area contributed by atoms with Gasteiger partial charge in [-0.15, -0.1) is 0 Å². The van der Waals surface area contributed by atoms with Crippen LogP contribution in [0.25, 0.3) is 0 Å². The number of rotatable bonds is 12. The van der Waals surface area contributed by atoms with Gasteiger partial charge in [0.2, 0.25) is 0 Å². The topological polar surface area (TPSA) is 110 Å². The molecule has 0 spiro atoms. The second kappa shape index (κ2) is 14.9. The number of carbonyl (C=O) groups excluding carboxylic acids is 2. The van der Waals surface area contributed by atoms with Gasteiger partial charge in [0.15, 0.2) is 5.25 Å². The summed E-state index contributed by atoms with van der Waals surface area (Å²) in [6, 6.07) is 0. The fraction of sp³-hybridized carbons (Fsp3) is 0.733. The minimum absolute atomic E-state index is 0. The Labute approximate surface area is 166 Å². The number of hydrogen-bond acceptors (Lipinski definition) is 7. The summed E-state index contributed by atoms with van der Waals surface area (Å²) in [4.78, 5) is 23.1. The molecule has 0 heterocycles. The summed E-state index contributed by atoms with van der Waals surface area (Å²) in [5.41, 5.74) is 0. The molecule has 0 aliphatic heterocycles. The van der Waals surface area contributed by atoms with Gasteiger partial charge in [-0.25, -0.2) is 8.42 Å². The number of allylic oxidation sites excluding steroid dienone is 1. The SMILES string of the molecule is C/C=C/OC(=O)CC(C(=O)OCCCCCCCC)S(=O)(=O)[O-].[Na+]. The molecule has 0 aliphatic rings. The van der Waals surface area contributed by atoms with Crippen LogP contribution < -0.4 is 29.6 Å². The zero-order valence-corrected chi connectivity index (χ0v) is 17.5. The van der Waals surface area contributed by atoms with E-state index in [1.807, 2.05) is 0 Å². The van der Waals surface area contributed by atoms with Gasteiger partial charge in [-0.1, -0.05) is 45.1 Å². The van der Waals surface area contributed by atoms with Gasteiger partial charge in [0.05, 0.1) is 19.3 Å². The maximum Gasteiger partial charge on any atom is 1.00 e. The van der Waals surface area contributed by atoms with Crippen molar-refractivity contribution >= 4 is 22.1 Å². The monoisotopic (exact) mass is 372 g/mol. The number of unbranched alkanes of at least 4 members (excludes halogenated alkanes) is 5. The van der Waals surface area contributed by atoms with Crippen molar-refractivity contribution in [2.75, 3.05) is 6.61 Å². The number of carbonyl (C=O) groups is 2. The van der Waals surface area contributed by atoms with Crippen molar-refractivity contribution in [3.8, 4) is 0 Å². The first-order valence-electron chi connectivity index (χ1n) is 7.74. The molecule has 0 aromatic carbocycles. The van der Waals surface area contributed by atoms with E-state index in [9.17, 15) is 22.6 Å². The maximum absolute atomic E-state index is 11.7. The molecule has 24 heavy (non-hydrogen) atoms. The second-order valence-electron chi connectivity index (χ2n) is 5.08. The minimum Gasteiger partial charge on any atom is -0.747 e. The summed E-state index contributed by atoms with van der Waals surface area (Å²) in [5.74, 6) is -2.19. The third kappa shape index (κ3) is 12.9. The molecular weight excluding hydrogens is 347 g/mol. The molecule has 0 rings (SSSR count).